The number of aliphatic imine (C=N–C) groups is 1. The van der Waals surface area contributed by atoms with E-state index in [-0.39, 0.29) is 12.3 Å². The molecule has 0 aromatic rings. The van der Waals surface area contributed by atoms with E-state index in [9.17, 15) is 0 Å². The van der Waals surface area contributed by atoms with Gasteiger partial charge in [-0.05, 0) is 19.3 Å². The number of nitrogens with zero attached hydrogens (tertiary/aromatic N) is 2. The SMILES string of the molecule is [CH2]C(OC1=NC(OC)=CC(OC)N1CCCC)C(C)C. The zero-order valence-electron chi connectivity index (χ0n) is 13.3. The normalized spacial score (nSPS) is 20.6. The summed E-state index contributed by atoms with van der Waals surface area (Å²) in [5.41, 5.74) is 0. The molecule has 1 heterocycles. The second-order valence-electron chi connectivity index (χ2n) is 5.18. The van der Waals surface area contributed by atoms with Crippen molar-refractivity contribution in [1.29, 1.82) is 0 Å². The van der Waals surface area contributed by atoms with Crippen LogP contribution in [-0.2, 0) is 14.2 Å². The van der Waals surface area contributed by atoms with Gasteiger partial charge in [-0.15, -0.1) is 0 Å². The van der Waals surface area contributed by atoms with Crippen LogP contribution in [0.25, 0.3) is 0 Å². The van der Waals surface area contributed by atoms with E-state index < -0.39 is 0 Å². The van der Waals surface area contributed by atoms with Gasteiger partial charge in [0.15, 0.2) is 6.23 Å². The van der Waals surface area contributed by atoms with Gasteiger partial charge in [-0.2, -0.15) is 4.99 Å². The molecule has 2 atom stereocenters. The Morgan fingerprint density at radius 1 is 1.40 bits per heavy atom. The van der Waals surface area contributed by atoms with Crippen LogP contribution in [0.4, 0.5) is 0 Å². The summed E-state index contributed by atoms with van der Waals surface area (Å²) in [5, 5.41) is 0. The highest BCUT2D eigenvalue weighted by Gasteiger charge is 2.28. The molecule has 1 aliphatic heterocycles. The summed E-state index contributed by atoms with van der Waals surface area (Å²) in [6.45, 7) is 11.1. The van der Waals surface area contributed by atoms with Gasteiger partial charge in [0.1, 0.15) is 6.10 Å². The fourth-order valence-corrected chi connectivity index (χ4v) is 1.74. The smallest absolute Gasteiger partial charge is 0.298 e. The van der Waals surface area contributed by atoms with Crippen molar-refractivity contribution in [3.8, 4) is 0 Å². The first-order valence-corrected chi connectivity index (χ1v) is 7.17. The maximum Gasteiger partial charge on any atom is 0.298 e. The molecular formula is C15H27N2O3. The Morgan fingerprint density at radius 3 is 2.60 bits per heavy atom. The maximum atomic E-state index is 5.89. The van der Waals surface area contributed by atoms with Crippen molar-refractivity contribution in [2.75, 3.05) is 20.8 Å². The molecule has 0 aliphatic carbocycles. The minimum atomic E-state index is -0.219. The van der Waals surface area contributed by atoms with Crippen LogP contribution >= 0.6 is 0 Å². The zero-order chi connectivity index (χ0) is 15.1. The molecule has 1 rings (SSSR count). The third-order valence-electron chi connectivity index (χ3n) is 3.25. The van der Waals surface area contributed by atoms with Crippen LogP contribution in [0.15, 0.2) is 17.0 Å². The minimum Gasteiger partial charge on any atom is -0.481 e. The maximum absolute atomic E-state index is 5.89. The summed E-state index contributed by atoms with van der Waals surface area (Å²) in [6, 6.07) is 0.526. The molecule has 0 amide bonds. The molecule has 0 N–H and O–H groups in total. The number of hydrogen-bond acceptors (Lipinski definition) is 5. The van der Waals surface area contributed by atoms with E-state index in [1.165, 1.54) is 0 Å². The molecule has 0 fully saturated rings. The Kier molecular flexibility index (Phi) is 6.85. The van der Waals surface area contributed by atoms with Crippen molar-refractivity contribution in [3.63, 3.8) is 0 Å². The highest BCUT2D eigenvalue weighted by atomic mass is 16.5. The average Bonchev–Trinajstić information content (AvgIpc) is 2.44. The van der Waals surface area contributed by atoms with E-state index >= 15 is 0 Å². The minimum absolute atomic E-state index is 0.161. The van der Waals surface area contributed by atoms with Gasteiger partial charge in [-0.1, -0.05) is 27.2 Å². The fraction of sp³-hybridized carbons (Fsp3) is 0.733. The molecule has 5 heteroatoms. The Bertz CT molecular complexity index is 353. The molecule has 1 radical (unpaired) electrons. The summed E-state index contributed by atoms with van der Waals surface area (Å²) >= 11 is 0. The first kappa shape index (κ1) is 16.8. The molecule has 0 aromatic heterocycles. The standard InChI is InChI=1S/C15H27N2O3/c1-7-8-9-17-14(19-6)10-13(18-5)16-15(17)20-12(4)11(2)3/h10-12,14H,4,7-9H2,1-3,5-6H3. The monoisotopic (exact) mass is 283 g/mol. The molecular weight excluding hydrogens is 256 g/mol. The molecule has 2 unspecified atom stereocenters. The Hall–Kier alpha value is -1.23. The molecule has 0 bridgehead atoms. The van der Waals surface area contributed by atoms with Crippen molar-refractivity contribution in [3.05, 3.63) is 18.9 Å². The van der Waals surface area contributed by atoms with Gasteiger partial charge in [-0.3, -0.25) is 4.90 Å². The summed E-state index contributed by atoms with van der Waals surface area (Å²) in [6.07, 6.45) is 3.60. The average molecular weight is 283 g/mol. The van der Waals surface area contributed by atoms with Crippen LogP contribution in [0.2, 0.25) is 0 Å². The van der Waals surface area contributed by atoms with Gasteiger partial charge in [0.25, 0.3) is 6.02 Å². The number of amidine groups is 1. The predicted molar refractivity (Wildman–Crippen MR) is 80.0 cm³/mol. The Morgan fingerprint density at radius 2 is 2.10 bits per heavy atom. The third kappa shape index (κ3) is 4.40. The van der Waals surface area contributed by atoms with Gasteiger partial charge in [0.05, 0.1) is 7.11 Å². The molecule has 0 aromatic carbocycles. The van der Waals surface area contributed by atoms with E-state index in [1.807, 2.05) is 11.0 Å². The fourth-order valence-electron chi connectivity index (χ4n) is 1.74. The van der Waals surface area contributed by atoms with Gasteiger partial charge >= 0.3 is 0 Å². The van der Waals surface area contributed by atoms with Crippen LogP contribution in [0.3, 0.4) is 0 Å². The van der Waals surface area contributed by atoms with Crippen LogP contribution in [0, 0.1) is 12.8 Å². The van der Waals surface area contributed by atoms with Crippen molar-refractivity contribution in [2.45, 2.75) is 45.9 Å². The molecule has 20 heavy (non-hydrogen) atoms. The molecule has 5 nitrogen and oxygen atoms in total. The number of rotatable bonds is 7. The van der Waals surface area contributed by atoms with E-state index in [0.717, 1.165) is 19.4 Å². The van der Waals surface area contributed by atoms with E-state index in [4.69, 9.17) is 14.2 Å². The highest BCUT2D eigenvalue weighted by Crippen LogP contribution is 2.19. The highest BCUT2D eigenvalue weighted by molar-refractivity contribution is 5.76. The lowest BCUT2D eigenvalue weighted by atomic mass is 10.1. The number of ether oxygens (including phenoxy) is 3. The summed E-state index contributed by atoms with van der Waals surface area (Å²) in [4.78, 5) is 6.40. The van der Waals surface area contributed by atoms with Crippen molar-refractivity contribution in [2.24, 2.45) is 10.9 Å². The lowest BCUT2D eigenvalue weighted by molar-refractivity contribution is 0.0113. The van der Waals surface area contributed by atoms with Crippen LogP contribution in [-0.4, -0.2) is 44.0 Å². The zero-order valence-corrected chi connectivity index (χ0v) is 13.3. The lowest BCUT2D eigenvalue weighted by Gasteiger charge is -2.35. The molecule has 0 spiro atoms. The Balaban J connectivity index is 2.90. The summed E-state index contributed by atoms with van der Waals surface area (Å²) < 4.78 is 16.6. The van der Waals surface area contributed by atoms with Crippen molar-refractivity contribution >= 4 is 6.02 Å². The quantitative estimate of drug-likeness (QED) is 0.720. The topological polar surface area (TPSA) is 43.3 Å². The molecule has 115 valence electrons. The van der Waals surface area contributed by atoms with E-state index in [2.05, 4.69) is 32.7 Å². The third-order valence-corrected chi connectivity index (χ3v) is 3.25. The van der Waals surface area contributed by atoms with Crippen LogP contribution < -0.4 is 0 Å². The second-order valence-corrected chi connectivity index (χ2v) is 5.18. The van der Waals surface area contributed by atoms with Crippen LogP contribution in [0.5, 0.6) is 0 Å². The van der Waals surface area contributed by atoms with Crippen LogP contribution in [0.1, 0.15) is 33.6 Å². The molecule has 0 saturated carbocycles. The van der Waals surface area contributed by atoms with E-state index in [1.54, 1.807) is 14.2 Å². The Labute approximate surface area is 122 Å². The molecule has 1 aliphatic rings. The van der Waals surface area contributed by atoms with Gasteiger partial charge in [-0.25, -0.2) is 0 Å². The number of hydrogen-bond donors (Lipinski definition) is 0. The van der Waals surface area contributed by atoms with Crippen molar-refractivity contribution < 1.29 is 14.2 Å². The number of unbranched alkanes of at least 4 members (excludes halogenated alkanes) is 1. The predicted octanol–water partition coefficient (Wildman–Crippen LogP) is 2.79. The first-order chi connectivity index (χ1) is 9.53. The lowest BCUT2D eigenvalue weighted by Crippen LogP contribution is -2.46. The number of methoxy groups -OCH3 is 2. The molecule has 0 saturated heterocycles. The van der Waals surface area contributed by atoms with Gasteiger partial charge in [0.2, 0.25) is 5.88 Å². The second kappa shape index (κ2) is 8.15. The summed E-state index contributed by atoms with van der Waals surface area (Å²) in [7, 11) is 3.26. The summed E-state index contributed by atoms with van der Waals surface area (Å²) in [5.74, 6) is 0.819. The largest absolute Gasteiger partial charge is 0.481 e. The van der Waals surface area contributed by atoms with E-state index in [0.29, 0.717) is 17.8 Å². The first-order valence-electron chi connectivity index (χ1n) is 7.17. The van der Waals surface area contributed by atoms with Gasteiger partial charge < -0.3 is 14.2 Å². The van der Waals surface area contributed by atoms with Gasteiger partial charge in [0, 0.05) is 19.7 Å². The van der Waals surface area contributed by atoms with Crippen molar-refractivity contribution in [1.82, 2.24) is 4.90 Å².